The fourth-order valence-electron chi connectivity index (χ4n) is 7.00. The van der Waals surface area contributed by atoms with Crippen molar-refractivity contribution in [1.82, 2.24) is 9.13 Å². The fraction of sp³-hybridized carbons (Fsp3) is 0.0952. The van der Waals surface area contributed by atoms with Gasteiger partial charge in [0.1, 0.15) is 12.1 Å². The van der Waals surface area contributed by atoms with Gasteiger partial charge in [0.05, 0.1) is 44.6 Å². The maximum absolute atomic E-state index is 10.3. The number of fused-ring (bicyclic) bond motifs is 6. The molecule has 0 aliphatic heterocycles. The van der Waals surface area contributed by atoms with Gasteiger partial charge in [-0.25, -0.2) is 0 Å². The highest BCUT2D eigenvalue weighted by Crippen LogP contribution is 2.38. The molecule has 4 nitrogen and oxygen atoms in total. The highest BCUT2D eigenvalue weighted by Gasteiger charge is 2.19. The van der Waals surface area contributed by atoms with Crippen LogP contribution in [0, 0.1) is 50.4 Å². The lowest BCUT2D eigenvalue weighted by molar-refractivity contribution is 1.16. The van der Waals surface area contributed by atoms with E-state index in [0.29, 0.717) is 11.1 Å². The van der Waals surface area contributed by atoms with E-state index in [1.54, 1.807) is 0 Å². The van der Waals surface area contributed by atoms with Gasteiger partial charge in [0.2, 0.25) is 0 Å². The van der Waals surface area contributed by atoms with Crippen LogP contribution < -0.4 is 0 Å². The molecule has 0 unspecified atom stereocenters. The number of nitriles is 2. The molecule has 6 aromatic carbocycles. The Morgan fingerprint density at radius 3 is 0.978 bits per heavy atom. The van der Waals surface area contributed by atoms with E-state index in [0.717, 1.165) is 44.6 Å². The van der Waals surface area contributed by atoms with E-state index < -0.39 is 0 Å². The minimum atomic E-state index is 0.603. The van der Waals surface area contributed by atoms with Crippen molar-refractivity contribution in [1.29, 1.82) is 10.5 Å². The van der Waals surface area contributed by atoms with Crippen LogP contribution in [0.15, 0.2) is 109 Å². The predicted molar refractivity (Wildman–Crippen MR) is 189 cm³/mol. The van der Waals surface area contributed by atoms with Gasteiger partial charge in [-0.2, -0.15) is 10.5 Å². The van der Waals surface area contributed by atoms with Crippen molar-refractivity contribution < 1.29 is 0 Å². The van der Waals surface area contributed by atoms with E-state index >= 15 is 0 Å². The molecule has 4 heteroatoms. The third-order valence-electron chi connectivity index (χ3n) is 9.20. The minimum absolute atomic E-state index is 0.603. The van der Waals surface area contributed by atoms with Crippen LogP contribution in [0.4, 0.5) is 0 Å². The molecular formula is C42H30N4. The van der Waals surface area contributed by atoms with E-state index in [1.807, 2.05) is 24.3 Å². The molecule has 0 fully saturated rings. The summed E-state index contributed by atoms with van der Waals surface area (Å²) in [5.41, 5.74) is 13.9. The van der Waals surface area contributed by atoms with E-state index in [1.165, 1.54) is 43.8 Å². The fourth-order valence-corrected chi connectivity index (χ4v) is 7.00. The number of benzene rings is 6. The highest BCUT2D eigenvalue weighted by molar-refractivity contribution is 6.11. The van der Waals surface area contributed by atoms with E-state index in [-0.39, 0.29) is 0 Å². The zero-order chi connectivity index (χ0) is 31.7. The molecule has 0 atom stereocenters. The van der Waals surface area contributed by atoms with Gasteiger partial charge in [-0.3, -0.25) is 0 Å². The van der Waals surface area contributed by atoms with E-state index in [2.05, 4.69) is 134 Å². The van der Waals surface area contributed by atoms with Crippen molar-refractivity contribution in [3.8, 4) is 34.6 Å². The molecule has 8 rings (SSSR count). The molecule has 0 saturated carbocycles. The Labute approximate surface area is 267 Å². The van der Waals surface area contributed by atoms with Gasteiger partial charge in [-0.05, 0) is 112 Å². The molecule has 0 N–H and O–H groups in total. The largest absolute Gasteiger partial charge is 0.308 e. The van der Waals surface area contributed by atoms with Crippen molar-refractivity contribution in [3.05, 3.63) is 143 Å². The van der Waals surface area contributed by atoms with Crippen LogP contribution in [0.1, 0.15) is 33.4 Å². The molecule has 0 saturated heterocycles. The highest BCUT2D eigenvalue weighted by atomic mass is 15.0. The molecule has 218 valence electrons. The van der Waals surface area contributed by atoms with Gasteiger partial charge in [0.15, 0.2) is 0 Å². The summed E-state index contributed by atoms with van der Waals surface area (Å²) in [7, 11) is 0. The molecule has 0 radical (unpaired) electrons. The van der Waals surface area contributed by atoms with Gasteiger partial charge in [0, 0.05) is 21.5 Å². The van der Waals surface area contributed by atoms with Gasteiger partial charge in [-0.1, -0.05) is 58.7 Å². The van der Waals surface area contributed by atoms with Crippen molar-refractivity contribution in [2.24, 2.45) is 0 Å². The maximum atomic E-state index is 10.3. The minimum Gasteiger partial charge on any atom is -0.308 e. The van der Waals surface area contributed by atoms with Crippen LogP contribution in [-0.4, -0.2) is 9.13 Å². The Balaban J connectivity index is 1.39. The summed E-state index contributed by atoms with van der Waals surface area (Å²) in [6.07, 6.45) is 0. The maximum Gasteiger partial charge on any atom is 0.101 e. The molecule has 2 aromatic heterocycles. The Morgan fingerprint density at radius 1 is 0.391 bits per heavy atom. The third-order valence-corrected chi connectivity index (χ3v) is 9.20. The number of aryl methyl sites for hydroxylation is 4. The Hall–Kier alpha value is -6.10. The van der Waals surface area contributed by atoms with E-state index in [4.69, 9.17) is 0 Å². The van der Waals surface area contributed by atoms with Gasteiger partial charge in [0.25, 0.3) is 0 Å². The first-order chi connectivity index (χ1) is 22.3. The van der Waals surface area contributed by atoms with Crippen LogP contribution in [0.3, 0.4) is 0 Å². The first kappa shape index (κ1) is 27.4. The third kappa shape index (κ3) is 4.12. The lowest BCUT2D eigenvalue weighted by Gasteiger charge is -2.15. The van der Waals surface area contributed by atoms with Gasteiger partial charge < -0.3 is 9.13 Å². The Bertz CT molecular complexity index is 2350. The summed E-state index contributed by atoms with van der Waals surface area (Å²) in [5, 5.41) is 25.3. The normalized spacial score (nSPS) is 11.4. The summed E-state index contributed by atoms with van der Waals surface area (Å²) in [6, 6.07) is 43.0. The molecule has 0 amide bonds. The molecule has 0 bridgehead atoms. The van der Waals surface area contributed by atoms with Crippen molar-refractivity contribution in [2.75, 3.05) is 0 Å². The van der Waals surface area contributed by atoms with Crippen molar-refractivity contribution >= 4 is 43.6 Å². The summed E-state index contributed by atoms with van der Waals surface area (Å²) >= 11 is 0. The van der Waals surface area contributed by atoms with Gasteiger partial charge >= 0.3 is 0 Å². The second kappa shape index (κ2) is 10.2. The predicted octanol–water partition coefficient (Wildman–Crippen LogP) is 10.5. The standard InChI is InChI=1S/C42H30N4/c1-25-5-13-37-33(17-25)34-18-26(2)6-14-38(34)45(37)41-21-29(9-11-31(41)23-43)30-10-12-32(24-44)42(22-30)46-39-15-7-27(3)19-35(39)36-20-28(4)8-16-40(36)46/h5-22H,1-4H3. The molecule has 0 spiro atoms. The first-order valence-electron chi connectivity index (χ1n) is 15.5. The lowest BCUT2D eigenvalue weighted by atomic mass is 9.99. The van der Waals surface area contributed by atoms with Crippen molar-refractivity contribution in [3.63, 3.8) is 0 Å². The first-order valence-corrected chi connectivity index (χ1v) is 15.5. The summed E-state index contributed by atoms with van der Waals surface area (Å²) in [6.45, 7) is 8.45. The van der Waals surface area contributed by atoms with Gasteiger partial charge in [-0.15, -0.1) is 0 Å². The van der Waals surface area contributed by atoms with Crippen LogP contribution in [-0.2, 0) is 0 Å². The van der Waals surface area contributed by atoms with Crippen LogP contribution in [0.2, 0.25) is 0 Å². The molecule has 2 heterocycles. The van der Waals surface area contributed by atoms with Crippen LogP contribution in [0.25, 0.3) is 66.1 Å². The summed E-state index contributed by atoms with van der Waals surface area (Å²) in [4.78, 5) is 0. The number of hydrogen-bond donors (Lipinski definition) is 0. The lowest BCUT2D eigenvalue weighted by Crippen LogP contribution is -2.00. The monoisotopic (exact) mass is 590 g/mol. The van der Waals surface area contributed by atoms with E-state index in [9.17, 15) is 10.5 Å². The number of rotatable bonds is 3. The molecule has 0 aliphatic carbocycles. The zero-order valence-corrected chi connectivity index (χ0v) is 26.2. The molecule has 8 aromatic rings. The quantitative estimate of drug-likeness (QED) is 0.206. The van der Waals surface area contributed by atoms with Crippen LogP contribution in [0.5, 0.6) is 0 Å². The SMILES string of the molecule is Cc1ccc2c(c1)c1cc(C)ccc1n2-c1cc(-c2ccc(C#N)c(-n3c4ccc(C)cc4c4cc(C)ccc43)c2)ccc1C#N. The molecular weight excluding hydrogens is 560 g/mol. The second-order valence-corrected chi connectivity index (χ2v) is 12.4. The smallest absolute Gasteiger partial charge is 0.101 e. The topological polar surface area (TPSA) is 57.4 Å². The average Bonchev–Trinajstić information content (AvgIpc) is 3.55. The summed E-state index contributed by atoms with van der Waals surface area (Å²) in [5.74, 6) is 0. The second-order valence-electron chi connectivity index (χ2n) is 12.4. The molecule has 0 aliphatic rings. The summed E-state index contributed by atoms with van der Waals surface area (Å²) < 4.78 is 4.43. The Kier molecular flexibility index (Phi) is 6.11. The number of aromatic nitrogens is 2. The van der Waals surface area contributed by atoms with Crippen molar-refractivity contribution in [2.45, 2.75) is 27.7 Å². The average molecular weight is 591 g/mol. The Morgan fingerprint density at radius 2 is 0.696 bits per heavy atom. The number of nitrogens with zero attached hydrogens (tertiary/aromatic N) is 4. The number of hydrogen-bond acceptors (Lipinski definition) is 2. The molecule has 46 heavy (non-hydrogen) atoms. The zero-order valence-electron chi connectivity index (χ0n) is 26.2. The van der Waals surface area contributed by atoms with Crippen LogP contribution >= 0.6 is 0 Å².